The molecule has 44 heteroatoms. The summed E-state index contributed by atoms with van der Waals surface area (Å²) in [7, 11) is -64.7. The van der Waals surface area contributed by atoms with Crippen molar-refractivity contribution in [3.8, 4) is 0 Å². The summed E-state index contributed by atoms with van der Waals surface area (Å²) in [6.45, 7) is 11.5. The summed E-state index contributed by atoms with van der Waals surface area (Å²) >= 11 is 0. The summed E-state index contributed by atoms with van der Waals surface area (Å²) in [4.78, 5) is 25.9. The molecule has 28 nitrogen and oxygen atoms in total. The second-order valence-electron chi connectivity index (χ2n) is 46.5. The lowest BCUT2D eigenvalue weighted by Crippen LogP contribution is -2.91. The molecule has 12 saturated heterocycles. The Bertz CT molecular complexity index is 3790. The van der Waals surface area contributed by atoms with E-state index in [9.17, 15) is 9.59 Å². The molecular formula is C91H162O28Si16. The van der Waals surface area contributed by atoms with Crippen LogP contribution in [0.2, 0.25) is 89.7 Å². The Balaban J connectivity index is 0.000000153. The quantitative estimate of drug-likeness (QED) is 0.0376. The van der Waals surface area contributed by atoms with Gasteiger partial charge in [-0.2, -0.15) is 0 Å². The van der Waals surface area contributed by atoms with Crippen molar-refractivity contribution in [3.63, 3.8) is 0 Å². The monoisotopic (exact) mass is 2150 g/mol. The minimum atomic E-state index is -4.19. The lowest BCUT2D eigenvalue weighted by Gasteiger charge is -2.68. The SMILES string of the molecule is C=C(C)C(=O)OCCC[Si]12O[Si]3(C4CCCC4)O[Si]4(C5CCCC5)O[Si](C5CCCC5)(O1)O[Si]1(C5CCCC5)O[Si](C5CCCC5)(O2)O[Si](C2CCCC2)(O3)O[Si](C2CCCC2)(O4)O1.C=C(C)C(=O)OCCC[Si]12O[Si]3(C4CCCCC4)O[Si]4(C5CCCCC5)O[Si](C5CCCCC5)(O1)O[Si]1(C5CCCCC5)O[Si](C5CCCCC5)(O2)O[Si](C2CCCCC2)(O3)O[Si](C2CCCCC2)(O4)O1. The van der Waals surface area contributed by atoms with Gasteiger partial charge >= 0.3 is 153 Å². The van der Waals surface area contributed by atoms with Gasteiger partial charge in [-0.05, 0) is 206 Å². The highest BCUT2D eigenvalue weighted by Crippen LogP contribution is 2.71. The molecule has 0 amide bonds. The maximum absolute atomic E-state index is 13.1. The van der Waals surface area contributed by atoms with Crippen LogP contribution in [0.25, 0.3) is 0 Å². The highest BCUT2D eigenvalue weighted by molar-refractivity contribution is 7.07. The van der Waals surface area contributed by atoms with Crippen LogP contribution in [0.15, 0.2) is 24.3 Å². The van der Waals surface area contributed by atoms with Crippen LogP contribution >= 0.6 is 0 Å². The fourth-order valence-electron chi connectivity index (χ4n) is 30.0. The Morgan fingerprint density at radius 1 is 0.185 bits per heavy atom. The van der Waals surface area contributed by atoms with E-state index in [2.05, 4.69) is 13.2 Å². The summed E-state index contributed by atoms with van der Waals surface area (Å²) < 4.78 is 216. The van der Waals surface area contributed by atoms with Gasteiger partial charge in [0, 0.05) is 101 Å². The molecular weight excluding hydrogens is 1990 g/mol. The molecule has 0 aromatic rings. The van der Waals surface area contributed by atoms with Gasteiger partial charge in [-0.3, -0.25) is 0 Å². The molecule has 758 valence electrons. The van der Waals surface area contributed by atoms with Gasteiger partial charge in [0.15, 0.2) is 0 Å². The number of esters is 2. The van der Waals surface area contributed by atoms with Gasteiger partial charge < -0.3 is 108 Å². The number of carbonyl (C=O) groups excluding carboxylic acids is 2. The number of carbonyl (C=O) groups is 2. The minimum Gasteiger partial charge on any atom is -0.462 e. The molecule has 12 aliphatic heterocycles. The van der Waals surface area contributed by atoms with E-state index in [0.29, 0.717) is 36.1 Å². The van der Waals surface area contributed by atoms with E-state index >= 15 is 0 Å². The van der Waals surface area contributed by atoms with E-state index in [-0.39, 0.29) is 90.8 Å². The van der Waals surface area contributed by atoms with E-state index in [1.807, 2.05) is 0 Å². The van der Waals surface area contributed by atoms with Crippen LogP contribution < -0.4 is 0 Å². The first-order valence-electron chi connectivity index (χ1n) is 56.1. The molecule has 0 radical (unpaired) electrons. The fraction of sp³-hybridized carbons (Fsp3) is 0.934. The molecule has 135 heavy (non-hydrogen) atoms. The Labute approximate surface area is 822 Å². The predicted molar refractivity (Wildman–Crippen MR) is 532 cm³/mol. The predicted octanol–water partition coefficient (Wildman–Crippen LogP) is 24.5. The average Bonchev–Trinajstić information content (AvgIpc) is 1.61. The van der Waals surface area contributed by atoms with E-state index in [1.54, 1.807) is 13.8 Å². The van der Waals surface area contributed by atoms with Gasteiger partial charge in [0.1, 0.15) is 0 Å². The Morgan fingerprint density at radius 3 is 0.400 bits per heavy atom. The third kappa shape index (κ3) is 18.6. The Hall–Kier alpha value is 0.930. The number of hydrogen-bond acceptors (Lipinski definition) is 28. The molecule has 0 spiro atoms. The summed E-state index contributed by atoms with van der Waals surface area (Å²) in [6.07, 6.45) is 65.5. The van der Waals surface area contributed by atoms with Gasteiger partial charge in [0.05, 0.1) is 13.2 Å². The van der Waals surface area contributed by atoms with Gasteiger partial charge in [-0.15, -0.1) is 0 Å². The van der Waals surface area contributed by atoms with Crippen molar-refractivity contribution in [1.82, 2.24) is 0 Å². The normalized spacial score (nSPS) is 45.1. The first-order chi connectivity index (χ1) is 65.6. The van der Waals surface area contributed by atoms with E-state index in [0.717, 1.165) is 379 Å². The first-order valence-corrected chi connectivity index (χ1v) is 85.2. The number of rotatable bonds is 24. The summed E-state index contributed by atoms with van der Waals surface area (Å²) in [5.41, 5.74) is 0.697. The van der Waals surface area contributed by atoms with Gasteiger partial charge in [-0.25, -0.2) is 9.59 Å². The topological polar surface area (TPSA) is 274 Å². The third-order valence-electron chi connectivity index (χ3n) is 37.0. The Kier molecular flexibility index (Phi) is 29.4. The zero-order valence-corrected chi connectivity index (χ0v) is 97.7. The van der Waals surface area contributed by atoms with Crippen molar-refractivity contribution >= 4 is 153 Å². The van der Waals surface area contributed by atoms with Crippen molar-refractivity contribution < 1.29 is 118 Å². The van der Waals surface area contributed by atoms with Crippen LogP contribution in [0.1, 0.15) is 431 Å². The molecule has 0 atom stereocenters. The van der Waals surface area contributed by atoms with Crippen LogP contribution in [0, 0.1) is 0 Å². The molecule has 26 aliphatic rings. The molecule has 14 saturated carbocycles. The van der Waals surface area contributed by atoms with Gasteiger partial charge in [0.2, 0.25) is 0 Å². The fourth-order valence-corrected chi connectivity index (χ4v) is 142. The van der Waals surface area contributed by atoms with Crippen LogP contribution in [-0.2, 0) is 118 Å². The first kappa shape index (κ1) is 99.2. The van der Waals surface area contributed by atoms with E-state index < -0.39 is 153 Å². The second-order valence-corrected chi connectivity index (χ2v) is 98.2. The number of hydrogen-bond donors (Lipinski definition) is 0. The molecule has 16 bridgehead atoms. The van der Waals surface area contributed by atoms with Crippen LogP contribution in [0.3, 0.4) is 0 Å². The van der Waals surface area contributed by atoms with Crippen LogP contribution in [-0.4, -0.2) is 166 Å². The Morgan fingerprint density at radius 2 is 0.289 bits per heavy atom. The molecule has 0 N–H and O–H groups in total. The van der Waals surface area contributed by atoms with Crippen molar-refractivity contribution in [2.75, 3.05) is 13.2 Å². The van der Waals surface area contributed by atoms with Gasteiger partial charge in [0.25, 0.3) is 0 Å². The maximum Gasteiger partial charge on any atom is 0.482 e. The third-order valence-corrected chi connectivity index (χ3v) is 116. The second kappa shape index (κ2) is 40.0. The molecule has 26 fully saturated rings. The standard InChI is InChI=1S/C49H88O14Si8.C42H74O14Si8/c1-41(2)49(50)51-39-24-40-64-52-65(42-25-10-3-11-26-42)55-68(45-31-16-6-17-32-45)57-66(53-64,43-27-12-4-13-28-43)59-70(47-35-20-8-21-36-47)60-67(54-64,44-29-14-5-15-30-44)58-69(56-65,46-33-18-7-19-34-46)62-71(61-68,63-70)48-37-22-9-23-38-48;1-34(2)42(43)44-32-17-33-57-45-58(35-18-3-4-19-35)48-61(38-24-9-10-25-38)50-59(46-57,36-20-5-6-21-36)52-63(40-28-13-14-29-40)53-60(47-57,37-22-7-8-23-37)51-62(49-58,39-26-11-12-27-39)55-64(54-61,56-63)41-30-15-16-31-41/h42-48H,1,3-40H2,2H3;35-41H,1,3-33H2,2H3. The lowest BCUT2D eigenvalue weighted by atomic mass is 10.0. The minimum absolute atomic E-state index is 0.00277. The summed E-state index contributed by atoms with van der Waals surface area (Å²) in [6, 6.07) is 0.731. The van der Waals surface area contributed by atoms with Crippen LogP contribution in [0.5, 0.6) is 0 Å². The van der Waals surface area contributed by atoms with Crippen molar-refractivity contribution in [3.05, 3.63) is 24.3 Å². The molecule has 14 aliphatic carbocycles. The molecule has 0 aromatic carbocycles. The van der Waals surface area contributed by atoms with Crippen molar-refractivity contribution in [2.45, 2.75) is 521 Å². The lowest BCUT2D eigenvalue weighted by molar-refractivity contribution is -0.139. The van der Waals surface area contributed by atoms with Crippen molar-refractivity contribution in [2.24, 2.45) is 0 Å². The summed E-state index contributed by atoms with van der Waals surface area (Å²) in [5, 5.41) is 0. The van der Waals surface area contributed by atoms with Crippen LogP contribution in [0.4, 0.5) is 0 Å². The highest BCUT2D eigenvalue weighted by Gasteiger charge is 2.92. The van der Waals surface area contributed by atoms with Gasteiger partial charge in [-0.1, -0.05) is 238 Å². The summed E-state index contributed by atoms with van der Waals surface area (Å²) in [5.74, 6) is -0.799. The highest BCUT2D eigenvalue weighted by atomic mass is 28.6. The zero-order chi connectivity index (χ0) is 91.6. The molecule has 0 unspecified atom stereocenters. The molecule has 0 aromatic heterocycles. The van der Waals surface area contributed by atoms with E-state index in [1.165, 1.54) is 25.7 Å². The zero-order valence-electron chi connectivity index (χ0n) is 81.7. The average molecular weight is 2150 g/mol. The molecule has 26 rings (SSSR count). The maximum atomic E-state index is 13.1. The largest absolute Gasteiger partial charge is 0.482 e. The van der Waals surface area contributed by atoms with Crippen molar-refractivity contribution in [1.29, 1.82) is 0 Å². The van der Waals surface area contributed by atoms with E-state index in [4.69, 9.17) is 108 Å². The molecule has 12 heterocycles. The number of ether oxygens (including phenoxy) is 2. The smallest absolute Gasteiger partial charge is 0.462 e.